The van der Waals surface area contributed by atoms with E-state index >= 15 is 0 Å². The molecule has 2 amide bonds. The Hall–Kier alpha value is -1.33. The first-order valence-electron chi connectivity index (χ1n) is 7.48. The van der Waals surface area contributed by atoms with Crippen molar-refractivity contribution in [1.82, 2.24) is 15.1 Å². The topological polar surface area (TPSA) is 35.6 Å². The second kappa shape index (κ2) is 6.42. The lowest BCUT2D eigenvalue weighted by Gasteiger charge is -2.48. The van der Waals surface area contributed by atoms with Gasteiger partial charge in [-0.15, -0.1) is 12.4 Å². The molecule has 3 rings (SSSR count). The number of hydrogen-bond acceptors (Lipinski definition) is 2. The lowest BCUT2D eigenvalue weighted by Crippen LogP contribution is -2.54. The summed E-state index contributed by atoms with van der Waals surface area (Å²) >= 11 is 0. The molecule has 6 heteroatoms. The Bertz CT molecular complexity index is 558. The van der Waals surface area contributed by atoms with E-state index in [4.69, 9.17) is 0 Å². The van der Waals surface area contributed by atoms with E-state index in [9.17, 15) is 9.18 Å². The van der Waals surface area contributed by atoms with Crippen LogP contribution in [0.1, 0.15) is 24.0 Å². The van der Waals surface area contributed by atoms with E-state index in [0.29, 0.717) is 6.54 Å². The predicted octanol–water partition coefficient (Wildman–Crippen LogP) is 2.37. The fraction of sp³-hybridized carbons (Fsp3) is 0.562. The van der Waals surface area contributed by atoms with Crippen LogP contribution in [0, 0.1) is 5.82 Å². The van der Waals surface area contributed by atoms with E-state index in [0.717, 1.165) is 38.0 Å². The summed E-state index contributed by atoms with van der Waals surface area (Å²) in [6.07, 6.45) is 2.02. The summed E-state index contributed by atoms with van der Waals surface area (Å²) in [6.45, 7) is 3.24. The van der Waals surface area contributed by atoms with Crippen LogP contribution in [0.2, 0.25) is 0 Å². The first-order chi connectivity index (χ1) is 10.0. The van der Waals surface area contributed by atoms with Crippen molar-refractivity contribution in [2.75, 3.05) is 33.7 Å². The molecule has 2 aliphatic heterocycles. The Morgan fingerprint density at radius 1 is 1.32 bits per heavy atom. The molecule has 0 bridgehead atoms. The number of carbonyl (C=O) groups excluding carboxylic acids is 1. The number of fused-ring (bicyclic) bond motifs is 2. The number of likely N-dealkylation sites (tertiary alicyclic amines) is 1. The number of urea groups is 1. The van der Waals surface area contributed by atoms with E-state index < -0.39 is 0 Å². The molecule has 1 N–H and O–H groups in total. The molecule has 0 unspecified atom stereocenters. The number of nitrogens with one attached hydrogen (secondary N) is 1. The summed E-state index contributed by atoms with van der Waals surface area (Å²) in [5.41, 5.74) is 2.16. The average Bonchev–Trinajstić information content (AvgIpc) is 2.49. The molecule has 1 fully saturated rings. The number of nitrogens with zero attached hydrogens (tertiary/aromatic N) is 2. The maximum absolute atomic E-state index is 13.6. The highest BCUT2D eigenvalue weighted by Gasteiger charge is 2.42. The number of amides is 2. The molecule has 4 nitrogen and oxygen atoms in total. The zero-order chi connectivity index (χ0) is 15.0. The molecule has 1 aromatic carbocycles. The first kappa shape index (κ1) is 17.0. The van der Waals surface area contributed by atoms with Crippen molar-refractivity contribution in [3.05, 3.63) is 35.1 Å². The Morgan fingerprint density at radius 2 is 2.00 bits per heavy atom. The third-order valence-electron chi connectivity index (χ3n) is 4.94. The minimum Gasteiger partial charge on any atom is -0.341 e. The summed E-state index contributed by atoms with van der Waals surface area (Å²) in [5, 5.41) is 2.69. The smallest absolute Gasteiger partial charge is 0.317 e. The van der Waals surface area contributed by atoms with Crippen LogP contribution in [0.3, 0.4) is 0 Å². The number of piperidine rings is 1. The molecule has 0 aromatic heterocycles. The lowest BCUT2D eigenvalue weighted by atomic mass is 9.69. The second-order valence-corrected chi connectivity index (χ2v) is 6.30. The standard InChI is InChI=1S/C16H22FN3O.ClH/c1-18-15(21)20-10-12-9-13(17)3-4-14(12)16(11-20)5-7-19(2)8-6-16;/h3-4,9H,5-8,10-11H2,1-2H3,(H,18,21);1H. The third-order valence-corrected chi connectivity index (χ3v) is 4.94. The molecule has 0 atom stereocenters. The van der Waals surface area contributed by atoms with Crippen LogP contribution in [0.15, 0.2) is 18.2 Å². The molecule has 1 aromatic rings. The Labute approximate surface area is 137 Å². The molecule has 22 heavy (non-hydrogen) atoms. The van der Waals surface area contributed by atoms with Crippen LogP contribution < -0.4 is 5.32 Å². The van der Waals surface area contributed by atoms with Gasteiger partial charge in [0.15, 0.2) is 0 Å². The van der Waals surface area contributed by atoms with Crippen LogP contribution in [0.25, 0.3) is 0 Å². The lowest BCUT2D eigenvalue weighted by molar-refractivity contribution is 0.120. The summed E-state index contributed by atoms with van der Waals surface area (Å²) in [7, 11) is 3.77. The number of carbonyl (C=O) groups is 1. The zero-order valence-electron chi connectivity index (χ0n) is 13.1. The van der Waals surface area contributed by atoms with Crippen molar-refractivity contribution in [2.45, 2.75) is 24.8 Å². The quantitative estimate of drug-likeness (QED) is 0.794. The zero-order valence-corrected chi connectivity index (χ0v) is 13.9. The molecule has 0 radical (unpaired) electrons. The van der Waals surface area contributed by atoms with Crippen LogP contribution in [0.5, 0.6) is 0 Å². The molecule has 122 valence electrons. The van der Waals surface area contributed by atoms with E-state index in [2.05, 4.69) is 17.3 Å². The maximum atomic E-state index is 13.6. The average molecular weight is 328 g/mol. The Balaban J connectivity index is 0.00000176. The first-order valence-corrected chi connectivity index (χ1v) is 7.48. The van der Waals surface area contributed by atoms with Crippen molar-refractivity contribution in [1.29, 1.82) is 0 Å². The minimum atomic E-state index is -0.226. The second-order valence-electron chi connectivity index (χ2n) is 6.30. The number of halogens is 2. The SMILES string of the molecule is CNC(=O)N1Cc2cc(F)ccc2C2(CCN(C)CC2)C1.Cl. The van der Waals surface area contributed by atoms with Crippen molar-refractivity contribution in [2.24, 2.45) is 0 Å². The van der Waals surface area contributed by atoms with Gasteiger partial charge in [-0.3, -0.25) is 0 Å². The van der Waals surface area contributed by atoms with Crippen LogP contribution >= 0.6 is 12.4 Å². The van der Waals surface area contributed by atoms with E-state index in [1.165, 1.54) is 5.56 Å². The molecule has 0 aliphatic carbocycles. The van der Waals surface area contributed by atoms with Gasteiger partial charge in [-0.2, -0.15) is 0 Å². The van der Waals surface area contributed by atoms with Gasteiger partial charge in [0.2, 0.25) is 0 Å². The monoisotopic (exact) mass is 327 g/mol. The third kappa shape index (κ3) is 2.92. The van der Waals surface area contributed by atoms with Gasteiger partial charge in [0.05, 0.1) is 0 Å². The maximum Gasteiger partial charge on any atom is 0.317 e. The van der Waals surface area contributed by atoms with Crippen molar-refractivity contribution in [3.63, 3.8) is 0 Å². The predicted molar refractivity (Wildman–Crippen MR) is 86.9 cm³/mol. The summed E-state index contributed by atoms with van der Waals surface area (Å²) < 4.78 is 13.6. The van der Waals surface area contributed by atoms with Gasteiger partial charge in [0, 0.05) is 25.6 Å². The molecule has 2 heterocycles. The van der Waals surface area contributed by atoms with E-state index in [1.54, 1.807) is 19.2 Å². The van der Waals surface area contributed by atoms with Crippen molar-refractivity contribution >= 4 is 18.4 Å². The van der Waals surface area contributed by atoms with Gasteiger partial charge < -0.3 is 15.1 Å². The Kier molecular flexibility index (Phi) is 4.97. The molecule has 1 saturated heterocycles. The summed E-state index contributed by atoms with van der Waals surface area (Å²) in [6, 6.07) is 4.99. The molecule has 0 saturated carbocycles. The minimum absolute atomic E-state index is 0. The molecular formula is C16H23ClFN3O. The fourth-order valence-corrected chi connectivity index (χ4v) is 3.70. The van der Waals surface area contributed by atoms with Gasteiger partial charge in [-0.1, -0.05) is 6.07 Å². The van der Waals surface area contributed by atoms with E-state index in [-0.39, 0.29) is 29.7 Å². The summed E-state index contributed by atoms with van der Waals surface area (Å²) in [5.74, 6) is -0.226. The normalized spacial score (nSPS) is 20.2. The number of benzene rings is 1. The van der Waals surface area contributed by atoms with Crippen LogP contribution in [0.4, 0.5) is 9.18 Å². The number of rotatable bonds is 0. The van der Waals surface area contributed by atoms with E-state index in [1.807, 2.05) is 11.0 Å². The molecule has 1 spiro atoms. The molecular weight excluding hydrogens is 305 g/mol. The van der Waals surface area contributed by atoms with Gasteiger partial charge in [-0.05, 0) is 56.2 Å². The van der Waals surface area contributed by atoms with Gasteiger partial charge in [0.25, 0.3) is 0 Å². The largest absolute Gasteiger partial charge is 0.341 e. The molecule has 2 aliphatic rings. The van der Waals surface area contributed by atoms with Gasteiger partial charge >= 0.3 is 6.03 Å². The van der Waals surface area contributed by atoms with Crippen molar-refractivity contribution in [3.8, 4) is 0 Å². The Morgan fingerprint density at radius 3 is 2.64 bits per heavy atom. The highest BCUT2D eigenvalue weighted by Crippen LogP contribution is 2.41. The van der Waals surface area contributed by atoms with Crippen LogP contribution in [-0.4, -0.2) is 49.6 Å². The van der Waals surface area contributed by atoms with Crippen molar-refractivity contribution < 1.29 is 9.18 Å². The number of hydrogen-bond donors (Lipinski definition) is 1. The fourth-order valence-electron chi connectivity index (χ4n) is 3.70. The highest BCUT2D eigenvalue weighted by atomic mass is 35.5. The van der Waals surface area contributed by atoms with Crippen LogP contribution in [-0.2, 0) is 12.0 Å². The highest BCUT2D eigenvalue weighted by molar-refractivity contribution is 5.85. The summed E-state index contributed by atoms with van der Waals surface area (Å²) in [4.78, 5) is 16.2. The van der Waals surface area contributed by atoms with Gasteiger partial charge in [0.1, 0.15) is 5.82 Å². The van der Waals surface area contributed by atoms with Gasteiger partial charge in [-0.25, -0.2) is 9.18 Å².